The summed E-state index contributed by atoms with van der Waals surface area (Å²) in [6.07, 6.45) is 0. The fourth-order valence-corrected chi connectivity index (χ4v) is 2.83. The number of hydrogen-bond donors (Lipinski definition) is 0. The van der Waals surface area contributed by atoms with Crippen molar-refractivity contribution in [1.82, 2.24) is 9.78 Å². The molecule has 0 atom stereocenters. The molecule has 0 spiro atoms. The highest BCUT2D eigenvalue weighted by Gasteiger charge is 2.15. The van der Waals surface area contributed by atoms with Gasteiger partial charge >= 0.3 is 0 Å². The summed E-state index contributed by atoms with van der Waals surface area (Å²) in [6, 6.07) is 12.6. The Morgan fingerprint density at radius 2 is 1.50 bits per heavy atom. The number of aromatic nitrogens is 2. The Morgan fingerprint density at radius 1 is 0.955 bits per heavy atom. The van der Waals surface area contributed by atoms with Gasteiger partial charge in [-0.25, -0.2) is 8.78 Å². The van der Waals surface area contributed by atoms with Crippen molar-refractivity contribution in [2.24, 2.45) is 0 Å². The van der Waals surface area contributed by atoms with Gasteiger partial charge in [0, 0.05) is 5.56 Å². The van der Waals surface area contributed by atoms with E-state index in [0.717, 1.165) is 27.0 Å². The largest absolute Gasteiger partial charge is 0.259 e. The van der Waals surface area contributed by atoms with Gasteiger partial charge in [0.2, 0.25) is 0 Å². The van der Waals surface area contributed by atoms with E-state index >= 15 is 0 Å². The second kappa shape index (κ2) is 6.01. The molecule has 0 amide bonds. The molecule has 2 aromatic carbocycles. The molecule has 1 heterocycles. The minimum absolute atomic E-state index is 0.264. The minimum atomic E-state index is -0.277. The SMILES string of the molecule is Cc1nn(Cc2ccc(F)cc2)c(-c2ccc(F)cc2)c1Br. The molecule has 3 rings (SSSR count). The summed E-state index contributed by atoms with van der Waals surface area (Å²) in [5.74, 6) is -0.540. The topological polar surface area (TPSA) is 17.8 Å². The van der Waals surface area contributed by atoms with Crippen molar-refractivity contribution >= 4 is 15.9 Å². The third-order valence-corrected chi connectivity index (χ3v) is 4.37. The van der Waals surface area contributed by atoms with E-state index < -0.39 is 0 Å². The first-order valence-electron chi connectivity index (χ1n) is 6.78. The van der Waals surface area contributed by atoms with E-state index in [1.54, 1.807) is 24.3 Å². The molecular weight excluding hydrogens is 350 g/mol. The average Bonchev–Trinajstić information content (AvgIpc) is 2.77. The highest BCUT2D eigenvalue weighted by molar-refractivity contribution is 9.10. The highest BCUT2D eigenvalue weighted by atomic mass is 79.9. The molecule has 0 aliphatic rings. The molecule has 0 saturated heterocycles. The van der Waals surface area contributed by atoms with Crippen molar-refractivity contribution in [3.8, 4) is 11.3 Å². The molecular formula is C17H13BrF2N2. The molecule has 0 saturated carbocycles. The first-order valence-corrected chi connectivity index (χ1v) is 7.57. The van der Waals surface area contributed by atoms with Gasteiger partial charge in [0.05, 0.1) is 22.4 Å². The molecule has 112 valence electrons. The van der Waals surface area contributed by atoms with Gasteiger partial charge in [-0.05, 0) is 64.8 Å². The van der Waals surface area contributed by atoms with Gasteiger partial charge in [-0.2, -0.15) is 5.10 Å². The van der Waals surface area contributed by atoms with E-state index in [2.05, 4.69) is 21.0 Å². The van der Waals surface area contributed by atoms with Crippen LogP contribution in [0.2, 0.25) is 0 Å². The summed E-state index contributed by atoms with van der Waals surface area (Å²) in [5, 5.41) is 4.51. The van der Waals surface area contributed by atoms with Crippen molar-refractivity contribution in [2.75, 3.05) is 0 Å². The predicted molar refractivity (Wildman–Crippen MR) is 85.6 cm³/mol. The van der Waals surface area contributed by atoms with Gasteiger partial charge in [-0.1, -0.05) is 12.1 Å². The molecule has 0 bridgehead atoms. The van der Waals surface area contributed by atoms with E-state index in [1.807, 2.05) is 11.6 Å². The zero-order chi connectivity index (χ0) is 15.7. The smallest absolute Gasteiger partial charge is 0.123 e. The van der Waals surface area contributed by atoms with Crippen LogP contribution in [0.15, 0.2) is 53.0 Å². The standard InChI is InChI=1S/C17H13BrF2N2/c1-11-16(18)17(13-4-8-15(20)9-5-13)22(21-11)10-12-2-6-14(19)7-3-12/h2-9H,10H2,1H3. The van der Waals surface area contributed by atoms with Crippen LogP contribution in [0.4, 0.5) is 8.78 Å². The molecule has 0 fully saturated rings. The van der Waals surface area contributed by atoms with Crippen LogP contribution >= 0.6 is 15.9 Å². The Bertz CT molecular complexity index is 793. The molecule has 0 unspecified atom stereocenters. The van der Waals surface area contributed by atoms with Crippen LogP contribution in [-0.2, 0) is 6.54 Å². The van der Waals surface area contributed by atoms with Gasteiger partial charge < -0.3 is 0 Å². The Morgan fingerprint density at radius 3 is 2.09 bits per heavy atom. The zero-order valence-corrected chi connectivity index (χ0v) is 13.4. The molecule has 0 N–H and O–H groups in total. The number of benzene rings is 2. The van der Waals surface area contributed by atoms with Gasteiger partial charge in [-0.3, -0.25) is 4.68 Å². The lowest BCUT2D eigenvalue weighted by molar-refractivity contribution is 0.624. The maximum Gasteiger partial charge on any atom is 0.123 e. The van der Waals surface area contributed by atoms with E-state index in [4.69, 9.17) is 0 Å². The van der Waals surface area contributed by atoms with Gasteiger partial charge in [0.15, 0.2) is 0 Å². The summed E-state index contributed by atoms with van der Waals surface area (Å²) in [4.78, 5) is 0. The summed E-state index contributed by atoms with van der Waals surface area (Å²) < 4.78 is 28.8. The fourth-order valence-electron chi connectivity index (χ4n) is 2.32. The van der Waals surface area contributed by atoms with Crippen LogP contribution in [0.25, 0.3) is 11.3 Å². The normalized spacial score (nSPS) is 10.9. The maximum atomic E-state index is 13.1. The van der Waals surface area contributed by atoms with E-state index in [9.17, 15) is 8.78 Å². The van der Waals surface area contributed by atoms with Crippen LogP contribution in [0.3, 0.4) is 0 Å². The first kappa shape index (κ1) is 14.9. The third-order valence-electron chi connectivity index (χ3n) is 3.42. The van der Waals surface area contributed by atoms with Crippen molar-refractivity contribution in [2.45, 2.75) is 13.5 Å². The minimum Gasteiger partial charge on any atom is -0.259 e. The Hall–Kier alpha value is -2.01. The van der Waals surface area contributed by atoms with Crippen molar-refractivity contribution in [3.63, 3.8) is 0 Å². The molecule has 0 aliphatic carbocycles. The number of nitrogens with zero attached hydrogens (tertiary/aromatic N) is 2. The Labute approximate surface area is 135 Å². The number of hydrogen-bond acceptors (Lipinski definition) is 1. The van der Waals surface area contributed by atoms with Crippen molar-refractivity contribution in [3.05, 3.63) is 75.9 Å². The molecule has 3 aromatic rings. The molecule has 0 aliphatic heterocycles. The zero-order valence-electron chi connectivity index (χ0n) is 11.9. The lowest BCUT2D eigenvalue weighted by Crippen LogP contribution is -2.04. The summed E-state index contributed by atoms with van der Waals surface area (Å²) >= 11 is 3.54. The van der Waals surface area contributed by atoms with Gasteiger partial charge in [0.25, 0.3) is 0 Å². The average molecular weight is 363 g/mol. The summed E-state index contributed by atoms with van der Waals surface area (Å²) in [6.45, 7) is 2.41. The van der Waals surface area contributed by atoms with E-state index in [0.29, 0.717) is 6.54 Å². The number of rotatable bonds is 3. The summed E-state index contributed by atoms with van der Waals surface area (Å²) in [5.41, 5.74) is 3.54. The van der Waals surface area contributed by atoms with Crippen molar-refractivity contribution in [1.29, 1.82) is 0 Å². The van der Waals surface area contributed by atoms with Gasteiger partial charge in [-0.15, -0.1) is 0 Å². The lowest BCUT2D eigenvalue weighted by Gasteiger charge is -2.09. The highest BCUT2D eigenvalue weighted by Crippen LogP contribution is 2.31. The van der Waals surface area contributed by atoms with Crippen LogP contribution in [0, 0.1) is 18.6 Å². The van der Waals surface area contributed by atoms with Crippen LogP contribution in [-0.4, -0.2) is 9.78 Å². The molecule has 22 heavy (non-hydrogen) atoms. The van der Waals surface area contributed by atoms with E-state index in [-0.39, 0.29) is 11.6 Å². The molecule has 5 heteroatoms. The molecule has 2 nitrogen and oxygen atoms in total. The van der Waals surface area contributed by atoms with Crippen LogP contribution in [0.5, 0.6) is 0 Å². The fraction of sp³-hybridized carbons (Fsp3) is 0.118. The van der Waals surface area contributed by atoms with Crippen LogP contribution < -0.4 is 0 Å². The Kier molecular flexibility index (Phi) is 4.07. The first-order chi connectivity index (χ1) is 10.5. The van der Waals surface area contributed by atoms with E-state index in [1.165, 1.54) is 24.3 Å². The second-order valence-electron chi connectivity index (χ2n) is 5.04. The molecule has 0 radical (unpaired) electrons. The molecule has 1 aromatic heterocycles. The van der Waals surface area contributed by atoms with Crippen molar-refractivity contribution < 1.29 is 8.78 Å². The maximum absolute atomic E-state index is 13.1. The van der Waals surface area contributed by atoms with Gasteiger partial charge in [0.1, 0.15) is 11.6 Å². The second-order valence-corrected chi connectivity index (χ2v) is 5.83. The predicted octanol–water partition coefficient (Wildman–Crippen LogP) is 4.95. The number of halogens is 3. The third kappa shape index (κ3) is 2.95. The quantitative estimate of drug-likeness (QED) is 0.644. The number of aryl methyl sites for hydroxylation is 1. The Balaban J connectivity index is 2.03. The lowest BCUT2D eigenvalue weighted by atomic mass is 10.1. The van der Waals surface area contributed by atoms with Crippen LogP contribution in [0.1, 0.15) is 11.3 Å². The monoisotopic (exact) mass is 362 g/mol. The summed E-state index contributed by atoms with van der Waals surface area (Å²) in [7, 11) is 0.